The molecule has 19 heavy (non-hydrogen) atoms. The van der Waals surface area contributed by atoms with E-state index in [0.717, 1.165) is 11.3 Å². The Hall–Kier alpha value is -1.88. The molecule has 0 saturated carbocycles. The first-order valence-corrected chi connectivity index (χ1v) is 6.62. The van der Waals surface area contributed by atoms with Gasteiger partial charge in [-0.25, -0.2) is 9.18 Å². The van der Waals surface area contributed by atoms with Gasteiger partial charge >= 0.3 is 5.97 Å². The van der Waals surface area contributed by atoms with E-state index in [9.17, 15) is 9.18 Å². The zero-order valence-electron chi connectivity index (χ0n) is 10.3. The molecule has 0 spiro atoms. The average molecular weight is 277 g/mol. The molecule has 0 saturated heterocycles. The molecule has 0 aliphatic rings. The van der Waals surface area contributed by atoms with Crippen molar-refractivity contribution >= 4 is 17.7 Å². The van der Waals surface area contributed by atoms with Crippen LogP contribution in [0.2, 0.25) is 0 Å². The maximum Gasteiger partial charge on any atom is 0.338 e. The summed E-state index contributed by atoms with van der Waals surface area (Å²) in [5.41, 5.74) is 1.71. The van der Waals surface area contributed by atoms with Crippen molar-refractivity contribution in [3.63, 3.8) is 0 Å². The molecule has 1 heterocycles. The van der Waals surface area contributed by atoms with Crippen molar-refractivity contribution in [2.75, 3.05) is 0 Å². The summed E-state index contributed by atoms with van der Waals surface area (Å²) < 4.78 is 13.2. The molecule has 1 aromatic heterocycles. The molecule has 0 fully saturated rings. The van der Waals surface area contributed by atoms with Gasteiger partial charge in [0.05, 0.1) is 11.3 Å². The van der Waals surface area contributed by atoms with Crippen LogP contribution in [-0.4, -0.2) is 16.1 Å². The molecule has 0 aliphatic heterocycles. The zero-order chi connectivity index (χ0) is 13.8. The number of thioether (sulfide) groups is 1. The van der Waals surface area contributed by atoms with E-state index in [2.05, 4.69) is 4.98 Å². The molecule has 0 unspecified atom stereocenters. The van der Waals surface area contributed by atoms with Gasteiger partial charge in [-0.3, -0.25) is 4.98 Å². The van der Waals surface area contributed by atoms with Crippen molar-refractivity contribution in [1.29, 1.82) is 0 Å². The number of carboxylic acid groups (broad SMARTS) is 1. The highest BCUT2D eigenvalue weighted by Gasteiger charge is 2.11. The summed E-state index contributed by atoms with van der Waals surface area (Å²) in [6.07, 6.45) is 1.72. The Morgan fingerprint density at radius 1 is 1.42 bits per heavy atom. The van der Waals surface area contributed by atoms with Gasteiger partial charge in [-0.1, -0.05) is 6.07 Å². The highest BCUT2D eigenvalue weighted by atomic mass is 32.2. The van der Waals surface area contributed by atoms with Gasteiger partial charge in [0.15, 0.2) is 0 Å². The van der Waals surface area contributed by atoms with Crippen LogP contribution >= 0.6 is 11.8 Å². The number of benzene rings is 1. The Bertz CT molecular complexity index is 616. The Morgan fingerprint density at radius 3 is 2.89 bits per heavy atom. The predicted octanol–water partition coefficient (Wildman–Crippen LogP) is 3.52. The van der Waals surface area contributed by atoms with E-state index in [-0.39, 0.29) is 5.56 Å². The van der Waals surface area contributed by atoms with Gasteiger partial charge in [-0.05, 0) is 36.8 Å². The van der Waals surface area contributed by atoms with Crippen LogP contribution in [0.25, 0.3) is 0 Å². The van der Waals surface area contributed by atoms with Crippen molar-refractivity contribution < 1.29 is 14.3 Å². The third kappa shape index (κ3) is 3.32. The summed E-state index contributed by atoms with van der Waals surface area (Å²) in [6, 6.07) is 7.93. The van der Waals surface area contributed by atoms with Crippen LogP contribution in [-0.2, 0) is 5.75 Å². The topological polar surface area (TPSA) is 50.2 Å². The minimum absolute atomic E-state index is 0.303. The summed E-state index contributed by atoms with van der Waals surface area (Å²) in [4.78, 5) is 15.8. The smallest absolute Gasteiger partial charge is 0.338 e. The second-order valence-corrected chi connectivity index (χ2v) is 5.05. The van der Waals surface area contributed by atoms with E-state index in [1.165, 1.54) is 23.9 Å². The largest absolute Gasteiger partial charge is 0.478 e. The summed E-state index contributed by atoms with van der Waals surface area (Å²) in [5.74, 6) is -1.35. The van der Waals surface area contributed by atoms with E-state index in [1.54, 1.807) is 12.3 Å². The van der Waals surface area contributed by atoms with Gasteiger partial charge in [0.2, 0.25) is 0 Å². The first-order valence-electron chi connectivity index (χ1n) is 5.64. The standard InChI is InChI=1S/C14H12FNO2S/c1-9-3-2-6-16-13(9)8-19-10-4-5-12(15)11(7-10)14(17)18/h2-7H,8H2,1H3,(H,17,18). The van der Waals surface area contributed by atoms with Crippen molar-refractivity contribution in [1.82, 2.24) is 4.98 Å². The number of carbonyl (C=O) groups is 1. The second-order valence-electron chi connectivity index (χ2n) is 4.00. The van der Waals surface area contributed by atoms with Gasteiger partial charge < -0.3 is 5.11 Å². The normalized spacial score (nSPS) is 10.4. The highest BCUT2D eigenvalue weighted by molar-refractivity contribution is 7.98. The second kappa shape index (κ2) is 5.84. The van der Waals surface area contributed by atoms with Crippen LogP contribution in [0.4, 0.5) is 4.39 Å². The Balaban J connectivity index is 2.14. The van der Waals surface area contributed by atoms with Crippen molar-refractivity contribution in [3.05, 3.63) is 59.2 Å². The van der Waals surface area contributed by atoms with Gasteiger partial charge in [-0.15, -0.1) is 11.8 Å². The molecule has 2 aromatic rings. The zero-order valence-corrected chi connectivity index (χ0v) is 11.1. The lowest BCUT2D eigenvalue weighted by Crippen LogP contribution is -2.00. The quantitative estimate of drug-likeness (QED) is 0.869. The predicted molar refractivity (Wildman–Crippen MR) is 71.9 cm³/mol. The minimum Gasteiger partial charge on any atom is -0.478 e. The number of hydrogen-bond acceptors (Lipinski definition) is 3. The van der Waals surface area contributed by atoms with Crippen LogP contribution < -0.4 is 0 Å². The molecule has 3 nitrogen and oxygen atoms in total. The SMILES string of the molecule is Cc1cccnc1CSc1ccc(F)c(C(=O)O)c1. The Morgan fingerprint density at radius 2 is 2.21 bits per heavy atom. The number of aromatic carboxylic acids is 1. The number of rotatable bonds is 4. The van der Waals surface area contributed by atoms with Crippen molar-refractivity contribution in [2.45, 2.75) is 17.6 Å². The van der Waals surface area contributed by atoms with Crippen molar-refractivity contribution in [3.8, 4) is 0 Å². The summed E-state index contributed by atoms with van der Waals surface area (Å²) in [5, 5.41) is 8.86. The van der Waals surface area contributed by atoms with Crippen LogP contribution in [0.1, 0.15) is 21.6 Å². The number of halogens is 1. The fourth-order valence-electron chi connectivity index (χ4n) is 1.58. The van der Waals surface area contributed by atoms with Gasteiger partial charge in [0.25, 0.3) is 0 Å². The number of aryl methyl sites for hydroxylation is 1. The molecule has 1 N–H and O–H groups in total. The summed E-state index contributed by atoms with van der Waals surface area (Å²) >= 11 is 1.44. The molecule has 2 rings (SSSR count). The van der Waals surface area contributed by atoms with E-state index in [0.29, 0.717) is 10.6 Å². The van der Waals surface area contributed by atoms with E-state index in [1.807, 2.05) is 19.1 Å². The molecule has 1 aromatic carbocycles. The molecular weight excluding hydrogens is 265 g/mol. The van der Waals surface area contributed by atoms with E-state index >= 15 is 0 Å². The first kappa shape index (κ1) is 13.5. The van der Waals surface area contributed by atoms with Crippen LogP contribution in [0.3, 0.4) is 0 Å². The number of nitrogens with zero attached hydrogens (tertiary/aromatic N) is 1. The lowest BCUT2D eigenvalue weighted by Gasteiger charge is -2.05. The van der Waals surface area contributed by atoms with Crippen LogP contribution in [0.5, 0.6) is 0 Å². The fraction of sp³-hybridized carbons (Fsp3) is 0.143. The Kier molecular flexibility index (Phi) is 4.16. The van der Waals surface area contributed by atoms with Crippen molar-refractivity contribution in [2.24, 2.45) is 0 Å². The molecule has 0 amide bonds. The van der Waals surface area contributed by atoms with Gasteiger partial charge in [-0.2, -0.15) is 0 Å². The minimum atomic E-state index is -1.26. The maximum atomic E-state index is 13.2. The van der Waals surface area contributed by atoms with Gasteiger partial charge in [0.1, 0.15) is 5.82 Å². The molecule has 98 valence electrons. The Labute approximate surface area is 114 Å². The molecule has 0 atom stereocenters. The monoisotopic (exact) mass is 277 g/mol. The average Bonchev–Trinajstić information content (AvgIpc) is 2.39. The lowest BCUT2D eigenvalue weighted by molar-refractivity contribution is 0.0691. The fourth-order valence-corrected chi connectivity index (χ4v) is 2.55. The maximum absolute atomic E-state index is 13.2. The third-order valence-electron chi connectivity index (χ3n) is 2.66. The lowest BCUT2D eigenvalue weighted by atomic mass is 10.2. The summed E-state index contributed by atoms with van der Waals surface area (Å²) in [6.45, 7) is 1.97. The number of aromatic nitrogens is 1. The first-order chi connectivity index (χ1) is 9.08. The van der Waals surface area contributed by atoms with E-state index in [4.69, 9.17) is 5.11 Å². The third-order valence-corrected chi connectivity index (χ3v) is 3.67. The van der Waals surface area contributed by atoms with E-state index < -0.39 is 11.8 Å². The van der Waals surface area contributed by atoms with Gasteiger partial charge in [0, 0.05) is 16.8 Å². The van der Waals surface area contributed by atoms with Crippen LogP contribution in [0.15, 0.2) is 41.4 Å². The number of hydrogen-bond donors (Lipinski definition) is 1. The molecule has 5 heteroatoms. The number of pyridine rings is 1. The summed E-state index contributed by atoms with van der Waals surface area (Å²) in [7, 11) is 0. The highest BCUT2D eigenvalue weighted by Crippen LogP contribution is 2.25. The molecular formula is C14H12FNO2S. The number of carboxylic acids is 1. The molecule has 0 bridgehead atoms. The molecule has 0 radical (unpaired) electrons. The molecule has 0 aliphatic carbocycles. The van der Waals surface area contributed by atoms with Crippen LogP contribution in [0, 0.1) is 12.7 Å².